The van der Waals surface area contributed by atoms with Gasteiger partial charge in [0, 0.05) is 12.0 Å². The summed E-state index contributed by atoms with van der Waals surface area (Å²) in [4.78, 5) is 0. The van der Waals surface area contributed by atoms with Gasteiger partial charge in [-0.2, -0.15) is 0 Å². The first-order valence-corrected chi connectivity index (χ1v) is 6.37. The molecule has 0 bridgehead atoms. The summed E-state index contributed by atoms with van der Waals surface area (Å²) in [6.07, 6.45) is -0.256. The lowest BCUT2D eigenvalue weighted by molar-refractivity contribution is 0.0655. The van der Waals surface area contributed by atoms with Crippen LogP contribution in [0.3, 0.4) is 0 Å². The number of aryl methyl sites for hydroxylation is 1. The van der Waals surface area contributed by atoms with E-state index in [9.17, 15) is 10.2 Å². The lowest BCUT2D eigenvalue weighted by Crippen LogP contribution is -2.19. The van der Waals surface area contributed by atoms with E-state index in [2.05, 4.69) is 0 Å². The minimum atomic E-state index is -0.531. The number of benzene rings is 2. The Bertz CT molecular complexity index is 607. The molecular weight excluding hydrogens is 240 g/mol. The quantitative estimate of drug-likeness (QED) is 0.823. The van der Waals surface area contributed by atoms with Crippen LogP contribution in [0.2, 0.25) is 0 Å². The van der Waals surface area contributed by atoms with E-state index in [1.54, 1.807) is 18.2 Å². The first-order valence-electron chi connectivity index (χ1n) is 6.37. The van der Waals surface area contributed by atoms with Crippen molar-refractivity contribution in [3.63, 3.8) is 0 Å². The highest BCUT2D eigenvalue weighted by molar-refractivity contribution is 5.41. The highest BCUT2D eigenvalue weighted by atomic mass is 16.5. The van der Waals surface area contributed by atoms with Crippen LogP contribution in [0, 0.1) is 6.92 Å². The number of aliphatic hydroxyl groups is 1. The van der Waals surface area contributed by atoms with Crippen molar-refractivity contribution < 1.29 is 14.9 Å². The molecule has 0 aliphatic carbocycles. The summed E-state index contributed by atoms with van der Waals surface area (Å²) in [5.74, 6) is 0.933. The standard InChI is InChI=1S/C16H16O3/c1-10-5-6-15-13(7-10)14(18)9-16(19-15)11-3-2-4-12(17)8-11/h2-8,14,16-18H,9H2,1H3. The van der Waals surface area contributed by atoms with Gasteiger partial charge in [-0.3, -0.25) is 0 Å². The minimum Gasteiger partial charge on any atom is -0.508 e. The van der Waals surface area contributed by atoms with Gasteiger partial charge in [0.15, 0.2) is 0 Å². The van der Waals surface area contributed by atoms with Gasteiger partial charge < -0.3 is 14.9 Å². The molecule has 0 spiro atoms. The van der Waals surface area contributed by atoms with Crippen molar-refractivity contribution in [1.29, 1.82) is 0 Å². The molecule has 1 aliphatic rings. The van der Waals surface area contributed by atoms with Crippen LogP contribution in [-0.2, 0) is 0 Å². The predicted octanol–water partition coefficient (Wildman–Crippen LogP) is 3.26. The SMILES string of the molecule is Cc1ccc2c(c1)C(O)CC(c1cccc(O)c1)O2. The van der Waals surface area contributed by atoms with E-state index in [0.29, 0.717) is 6.42 Å². The first-order chi connectivity index (χ1) is 9.13. The normalized spacial score (nSPS) is 21.6. The molecule has 0 aromatic heterocycles. The molecule has 1 aliphatic heterocycles. The van der Waals surface area contributed by atoms with Crippen LogP contribution in [0.1, 0.15) is 35.3 Å². The molecule has 3 nitrogen and oxygen atoms in total. The van der Waals surface area contributed by atoms with Gasteiger partial charge in [-0.05, 0) is 36.8 Å². The molecule has 2 N–H and O–H groups in total. The average molecular weight is 256 g/mol. The smallest absolute Gasteiger partial charge is 0.127 e. The molecule has 2 aromatic carbocycles. The van der Waals surface area contributed by atoms with Crippen LogP contribution in [0.15, 0.2) is 42.5 Å². The minimum absolute atomic E-state index is 0.213. The fourth-order valence-corrected chi connectivity index (χ4v) is 2.50. The summed E-state index contributed by atoms with van der Waals surface area (Å²) in [5.41, 5.74) is 2.83. The number of aliphatic hydroxyl groups excluding tert-OH is 1. The Kier molecular flexibility index (Phi) is 2.91. The fraction of sp³-hybridized carbons (Fsp3) is 0.250. The zero-order valence-electron chi connectivity index (χ0n) is 10.7. The van der Waals surface area contributed by atoms with Gasteiger partial charge in [0.25, 0.3) is 0 Å². The summed E-state index contributed by atoms with van der Waals surface area (Å²) < 4.78 is 5.93. The second kappa shape index (κ2) is 4.59. The van der Waals surface area contributed by atoms with E-state index in [-0.39, 0.29) is 11.9 Å². The number of hydrogen-bond donors (Lipinski definition) is 2. The second-order valence-electron chi connectivity index (χ2n) is 4.99. The Morgan fingerprint density at radius 1 is 1.16 bits per heavy atom. The van der Waals surface area contributed by atoms with Gasteiger partial charge in [-0.25, -0.2) is 0 Å². The fourth-order valence-electron chi connectivity index (χ4n) is 2.50. The lowest BCUT2D eigenvalue weighted by Gasteiger charge is -2.30. The van der Waals surface area contributed by atoms with E-state index in [1.807, 2.05) is 31.2 Å². The maximum atomic E-state index is 10.2. The largest absolute Gasteiger partial charge is 0.508 e. The van der Waals surface area contributed by atoms with E-state index in [0.717, 1.165) is 22.4 Å². The molecule has 19 heavy (non-hydrogen) atoms. The molecule has 2 aromatic rings. The van der Waals surface area contributed by atoms with Crippen LogP contribution in [0.4, 0.5) is 0 Å². The number of rotatable bonds is 1. The summed E-state index contributed by atoms with van der Waals surface area (Å²) in [6, 6.07) is 12.8. The molecule has 3 rings (SSSR count). The summed E-state index contributed by atoms with van der Waals surface area (Å²) in [5, 5.41) is 19.8. The highest BCUT2D eigenvalue weighted by Gasteiger charge is 2.28. The number of phenolic OH excluding ortho intramolecular Hbond substituents is 1. The van der Waals surface area contributed by atoms with Gasteiger partial charge >= 0.3 is 0 Å². The topological polar surface area (TPSA) is 49.7 Å². The third kappa shape index (κ3) is 2.29. The Morgan fingerprint density at radius 2 is 2.00 bits per heavy atom. The van der Waals surface area contributed by atoms with E-state index >= 15 is 0 Å². The number of aromatic hydroxyl groups is 1. The third-order valence-corrected chi connectivity index (χ3v) is 3.47. The summed E-state index contributed by atoms with van der Waals surface area (Å²) >= 11 is 0. The molecule has 0 saturated carbocycles. The molecule has 0 radical (unpaired) electrons. The number of ether oxygens (including phenoxy) is 1. The Morgan fingerprint density at radius 3 is 2.79 bits per heavy atom. The van der Waals surface area contributed by atoms with Gasteiger partial charge in [-0.1, -0.05) is 23.8 Å². The van der Waals surface area contributed by atoms with Crippen LogP contribution in [0.25, 0.3) is 0 Å². The first kappa shape index (κ1) is 12.1. The molecule has 3 heteroatoms. The Balaban J connectivity index is 1.95. The number of phenols is 1. The maximum Gasteiger partial charge on any atom is 0.127 e. The molecule has 2 unspecified atom stereocenters. The predicted molar refractivity (Wildman–Crippen MR) is 72.2 cm³/mol. The van der Waals surface area contributed by atoms with E-state index < -0.39 is 6.10 Å². The summed E-state index contributed by atoms with van der Waals surface area (Å²) in [7, 11) is 0. The van der Waals surface area contributed by atoms with Crippen molar-refractivity contribution >= 4 is 0 Å². The Labute approximate surface area is 112 Å². The van der Waals surface area contributed by atoms with Crippen molar-refractivity contribution in [2.75, 3.05) is 0 Å². The van der Waals surface area contributed by atoms with Gasteiger partial charge in [0.05, 0.1) is 6.10 Å². The highest BCUT2D eigenvalue weighted by Crippen LogP contribution is 2.41. The van der Waals surface area contributed by atoms with Gasteiger partial charge in [-0.15, -0.1) is 0 Å². The van der Waals surface area contributed by atoms with Crippen molar-refractivity contribution in [2.45, 2.75) is 25.6 Å². The van der Waals surface area contributed by atoms with Crippen LogP contribution in [-0.4, -0.2) is 10.2 Å². The maximum absolute atomic E-state index is 10.2. The summed E-state index contributed by atoms with van der Waals surface area (Å²) in [6.45, 7) is 1.99. The molecule has 0 saturated heterocycles. The van der Waals surface area contributed by atoms with Crippen LogP contribution >= 0.6 is 0 Å². The molecule has 0 amide bonds. The molecule has 98 valence electrons. The van der Waals surface area contributed by atoms with Crippen molar-refractivity contribution in [2.24, 2.45) is 0 Å². The van der Waals surface area contributed by atoms with Gasteiger partial charge in [0.1, 0.15) is 17.6 Å². The zero-order valence-corrected chi connectivity index (χ0v) is 10.7. The van der Waals surface area contributed by atoms with Crippen LogP contribution < -0.4 is 4.74 Å². The number of hydrogen-bond acceptors (Lipinski definition) is 3. The second-order valence-corrected chi connectivity index (χ2v) is 4.99. The molecule has 0 fully saturated rings. The zero-order chi connectivity index (χ0) is 13.4. The average Bonchev–Trinajstić information content (AvgIpc) is 2.39. The Hall–Kier alpha value is -2.00. The van der Waals surface area contributed by atoms with Crippen molar-refractivity contribution in [3.05, 3.63) is 59.2 Å². The van der Waals surface area contributed by atoms with E-state index in [1.165, 1.54) is 0 Å². The van der Waals surface area contributed by atoms with E-state index in [4.69, 9.17) is 4.74 Å². The number of fused-ring (bicyclic) bond motifs is 1. The van der Waals surface area contributed by atoms with Crippen molar-refractivity contribution in [1.82, 2.24) is 0 Å². The van der Waals surface area contributed by atoms with Crippen molar-refractivity contribution in [3.8, 4) is 11.5 Å². The monoisotopic (exact) mass is 256 g/mol. The molecule has 2 atom stereocenters. The molecule has 1 heterocycles. The van der Waals surface area contributed by atoms with Crippen LogP contribution in [0.5, 0.6) is 11.5 Å². The third-order valence-electron chi connectivity index (χ3n) is 3.47. The lowest BCUT2D eigenvalue weighted by atomic mass is 9.94. The molecular formula is C16H16O3. The van der Waals surface area contributed by atoms with Gasteiger partial charge in [0.2, 0.25) is 0 Å².